The highest BCUT2D eigenvalue weighted by molar-refractivity contribution is 7.99. The number of thioether (sulfide) groups is 1. The third kappa shape index (κ3) is 3.90. The Balaban J connectivity index is 1.49. The van der Waals surface area contributed by atoms with Gasteiger partial charge in [-0.15, -0.1) is 22.7 Å². The number of anilines is 1. The van der Waals surface area contributed by atoms with E-state index in [1.54, 1.807) is 16.0 Å². The minimum absolute atomic E-state index is 0.0778. The summed E-state index contributed by atoms with van der Waals surface area (Å²) in [7, 11) is 0. The second kappa shape index (κ2) is 8.30. The molecule has 1 saturated carbocycles. The molecule has 4 aromatic rings. The van der Waals surface area contributed by atoms with Crippen molar-refractivity contribution >= 4 is 55.6 Å². The maximum absolute atomic E-state index is 13.5. The Hall–Kier alpha value is -2.93. The number of carbonyl (C=O) groups is 1. The fourth-order valence-electron chi connectivity index (χ4n) is 3.38. The van der Waals surface area contributed by atoms with Crippen LogP contribution in [0.5, 0.6) is 0 Å². The van der Waals surface area contributed by atoms with Crippen molar-refractivity contribution < 1.29 is 4.79 Å². The molecular formula is C22H16N4O2S3. The molecule has 154 valence electrons. The highest BCUT2D eigenvalue weighted by Gasteiger charge is 2.29. The van der Waals surface area contributed by atoms with Crippen molar-refractivity contribution in [3.05, 3.63) is 68.6 Å². The molecule has 0 unspecified atom stereocenters. The fraction of sp³-hybridized carbons (Fsp3) is 0.182. The molecule has 1 amide bonds. The number of rotatable bonds is 6. The normalized spacial score (nSPS) is 13.3. The zero-order valence-electron chi connectivity index (χ0n) is 16.2. The largest absolute Gasteiger partial charge is 0.316 e. The van der Waals surface area contributed by atoms with Gasteiger partial charge in [-0.2, -0.15) is 5.26 Å². The second-order valence-corrected chi connectivity index (χ2v) is 9.84. The minimum atomic E-state index is -0.247. The van der Waals surface area contributed by atoms with Crippen molar-refractivity contribution in [1.29, 1.82) is 5.26 Å². The van der Waals surface area contributed by atoms with E-state index in [1.807, 2.05) is 35.7 Å². The van der Waals surface area contributed by atoms with Crippen LogP contribution in [0.1, 0.15) is 29.9 Å². The predicted octanol–water partition coefficient (Wildman–Crippen LogP) is 4.99. The van der Waals surface area contributed by atoms with Crippen LogP contribution in [0.15, 0.2) is 57.1 Å². The molecule has 0 atom stereocenters. The lowest BCUT2D eigenvalue weighted by atomic mass is 10.1. The molecule has 1 N–H and O–H groups in total. The van der Waals surface area contributed by atoms with E-state index in [2.05, 4.69) is 11.4 Å². The van der Waals surface area contributed by atoms with Gasteiger partial charge in [0.25, 0.3) is 5.56 Å². The first-order chi connectivity index (χ1) is 15.2. The Morgan fingerprint density at radius 3 is 2.81 bits per heavy atom. The van der Waals surface area contributed by atoms with Gasteiger partial charge in [-0.05, 0) is 53.3 Å². The summed E-state index contributed by atoms with van der Waals surface area (Å²) in [4.78, 5) is 31.5. The van der Waals surface area contributed by atoms with Gasteiger partial charge >= 0.3 is 0 Å². The minimum Gasteiger partial charge on any atom is -0.316 e. The lowest BCUT2D eigenvalue weighted by Gasteiger charge is -2.12. The van der Waals surface area contributed by atoms with Crippen LogP contribution in [0.2, 0.25) is 0 Å². The van der Waals surface area contributed by atoms with Crippen molar-refractivity contribution in [3.8, 4) is 11.8 Å². The van der Waals surface area contributed by atoms with Gasteiger partial charge < -0.3 is 5.32 Å². The number of thiophene rings is 2. The Bertz CT molecular complexity index is 1380. The van der Waals surface area contributed by atoms with Crippen LogP contribution in [-0.4, -0.2) is 21.2 Å². The quantitative estimate of drug-likeness (QED) is 0.321. The number of nitrogens with zero attached hydrogens (tertiary/aromatic N) is 3. The number of hydrogen-bond acceptors (Lipinski definition) is 7. The molecule has 1 fully saturated rings. The van der Waals surface area contributed by atoms with Gasteiger partial charge in [0.2, 0.25) is 5.91 Å². The number of carbonyl (C=O) groups excluding carboxylic acids is 1. The van der Waals surface area contributed by atoms with E-state index in [0.717, 1.165) is 24.1 Å². The van der Waals surface area contributed by atoms with Crippen LogP contribution in [0.3, 0.4) is 0 Å². The van der Waals surface area contributed by atoms with E-state index < -0.39 is 0 Å². The summed E-state index contributed by atoms with van der Waals surface area (Å²) >= 11 is 4.01. The number of nitriles is 1. The molecule has 1 aromatic carbocycles. The van der Waals surface area contributed by atoms with Crippen LogP contribution < -0.4 is 10.9 Å². The van der Waals surface area contributed by atoms with Gasteiger partial charge in [0.05, 0.1) is 22.4 Å². The van der Waals surface area contributed by atoms with Gasteiger partial charge in [-0.1, -0.05) is 30.0 Å². The van der Waals surface area contributed by atoms with Crippen molar-refractivity contribution in [2.75, 3.05) is 11.1 Å². The molecule has 1 aliphatic rings. The molecule has 0 saturated heterocycles. The molecule has 1 aliphatic carbocycles. The van der Waals surface area contributed by atoms with Crippen molar-refractivity contribution in [2.45, 2.75) is 23.9 Å². The lowest BCUT2D eigenvalue weighted by molar-refractivity contribution is -0.113. The molecule has 0 aliphatic heterocycles. The van der Waals surface area contributed by atoms with E-state index in [9.17, 15) is 9.59 Å². The topological polar surface area (TPSA) is 87.8 Å². The van der Waals surface area contributed by atoms with E-state index >= 15 is 0 Å². The molecule has 3 aromatic heterocycles. The average molecular weight is 465 g/mol. The number of aromatic nitrogens is 2. The molecule has 0 bridgehead atoms. The number of hydrogen-bond donors (Lipinski definition) is 1. The monoisotopic (exact) mass is 464 g/mol. The molecule has 3 heterocycles. The molecule has 9 heteroatoms. The van der Waals surface area contributed by atoms with Crippen LogP contribution in [0, 0.1) is 11.3 Å². The van der Waals surface area contributed by atoms with E-state index in [-0.39, 0.29) is 17.2 Å². The van der Waals surface area contributed by atoms with Gasteiger partial charge in [0.15, 0.2) is 5.16 Å². The van der Waals surface area contributed by atoms with Crippen LogP contribution >= 0.6 is 34.4 Å². The molecule has 0 spiro atoms. The Morgan fingerprint density at radius 1 is 1.26 bits per heavy atom. The maximum atomic E-state index is 13.5. The van der Waals surface area contributed by atoms with E-state index in [4.69, 9.17) is 10.2 Å². The molecule has 0 radical (unpaired) electrons. The summed E-state index contributed by atoms with van der Waals surface area (Å²) < 4.78 is 1.60. The summed E-state index contributed by atoms with van der Waals surface area (Å²) in [5.41, 5.74) is 2.17. The first-order valence-electron chi connectivity index (χ1n) is 9.65. The summed E-state index contributed by atoms with van der Waals surface area (Å²) in [6, 6.07) is 13.1. The van der Waals surface area contributed by atoms with Gasteiger partial charge in [-0.3, -0.25) is 14.2 Å². The first-order valence-corrected chi connectivity index (χ1v) is 12.4. The summed E-state index contributed by atoms with van der Waals surface area (Å²) in [6.45, 7) is 0. The summed E-state index contributed by atoms with van der Waals surface area (Å²) in [5.74, 6) is 0.286. The molecule has 5 rings (SSSR count). The number of nitrogens with one attached hydrogen (secondary N) is 1. The van der Waals surface area contributed by atoms with Gasteiger partial charge in [0.1, 0.15) is 15.9 Å². The number of amides is 1. The molecule has 6 nitrogen and oxygen atoms in total. The Kier molecular flexibility index (Phi) is 5.36. The standard InChI is InChI=1S/C22H16N4O2S3/c23-10-14-8-9-29-19(14)24-17(27)12-31-22-25-20-18(16(11-30-20)13-6-7-13)21(28)26(22)15-4-2-1-3-5-15/h1-5,8-9,11,13H,6-7,12H2,(H,24,27). The molecule has 31 heavy (non-hydrogen) atoms. The predicted molar refractivity (Wildman–Crippen MR) is 126 cm³/mol. The van der Waals surface area contributed by atoms with Gasteiger partial charge in [-0.25, -0.2) is 4.98 Å². The van der Waals surface area contributed by atoms with Crippen molar-refractivity contribution in [3.63, 3.8) is 0 Å². The first kappa shape index (κ1) is 20.0. The average Bonchev–Trinajstić information content (AvgIpc) is 3.38. The smallest absolute Gasteiger partial charge is 0.267 e. The van der Waals surface area contributed by atoms with Gasteiger partial charge in [0, 0.05) is 0 Å². The summed E-state index contributed by atoms with van der Waals surface area (Å²) in [6.07, 6.45) is 2.22. The van der Waals surface area contributed by atoms with Crippen LogP contribution in [-0.2, 0) is 4.79 Å². The van der Waals surface area contributed by atoms with Crippen molar-refractivity contribution in [1.82, 2.24) is 9.55 Å². The highest BCUT2D eigenvalue weighted by Crippen LogP contribution is 2.44. The highest BCUT2D eigenvalue weighted by atomic mass is 32.2. The lowest BCUT2D eigenvalue weighted by Crippen LogP contribution is -2.23. The van der Waals surface area contributed by atoms with E-state index in [0.29, 0.717) is 31.9 Å². The number of para-hydroxylation sites is 1. The second-order valence-electron chi connectivity index (χ2n) is 7.13. The van der Waals surface area contributed by atoms with E-state index in [1.165, 1.54) is 34.4 Å². The maximum Gasteiger partial charge on any atom is 0.267 e. The number of benzene rings is 1. The Labute approximate surface area is 190 Å². The van der Waals surface area contributed by atoms with Crippen LogP contribution in [0.4, 0.5) is 5.00 Å². The fourth-order valence-corrected chi connectivity index (χ4v) is 6.00. The number of fused-ring (bicyclic) bond motifs is 1. The third-order valence-corrected chi connectivity index (χ3v) is 7.67. The SMILES string of the molecule is N#Cc1ccsc1NC(=O)CSc1nc2scc(C3CC3)c2c(=O)n1-c1ccccc1. The summed E-state index contributed by atoms with van der Waals surface area (Å²) in [5, 5.41) is 17.4. The Morgan fingerprint density at radius 2 is 2.06 bits per heavy atom. The zero-order valence-corrected chi connectivity index (χ0v) is 18.6. The zero-order chi connectivity index (χ0) is 21.4. The van der Waals surface area contributed by atoms with Crippen molar-refractivity contribution in [2.24, 2.45) is 0 Å². The third-order valence-electron chi connectivity index (χ3n) is 5.01. The molecular weight excluding hydrogens is 448 g/mol. The van der Waals surface area contributed by atoms with Crippen LogP contribution in [0.25, 0.3) is 15.9 Å².